The third-order valence-corrected chi connectivity index (χ3v) is 4.91. The zero-order chi connectivity index (χ0) is 14.6. The minimum absolute atomic E-state index is 0.134. The molecule has 3 nitrogen and oxygen atoms in total. The van der Waals surface area contributed by atoms with Crippen molar-refractivity contribution in [3.05, 3.63) is 35.4 Å². The van der Waals surface area contributed by atoms with Crippen LogP contribution >= 0.6 is 0 Å². The van der Waals surface area contributed by atoms with Gasteiger partial charge in [0.15, 0.2) is 0 Å². The summed E-state index contributed by atoms with van der Waals surface area (Å²) in [4.78, 5) is 12.5. The minimum Gasteiger partial charge on any atom is -0.353 e. The molecular weight excluding hydrogens is 248 g/mol. The maximum atomic E-state index is 12.5. The van der Waals surface area contributed by atoms with Crippen molar-refractivity contribution in [2.75, 3.05) is 6.54 Å². The normalized spacial score (nSPS) is 18.4. The van der Waals surface area contributed by atoms with Gasteiger partial charge in [-0.3, -0.25) is 4.79 Å². The molecule has 3 heteroatoms. The largest absolute Gasteiger partial charge is 0.353 e. The Kier molecular flexibility index (Phi) is 4.81. The third-order valence-electron chi connectivity index (χ3n) is 4.91. The summed E-state index contributed by atoms with van der Waals surface area (Å²) < 4.78 is 0. The van der Waals surface area contributed by atoms with Crippen LogP contribution in [0.2, 0.25) is 0 Å². The number of aryl methyl sites for hydroxylation is 1. The third kappa shape index (κ3) is 2.88. The van der Waals surface area contributed by atoms with E-state index in [9.17, 15) is 4.79 Å². The topological polar surface area (TPSA) is 55.1 Å². The second-order valence-electron chi connectivity index (χ2n) is 5.87. The summed E-state index contributed by atoms with van der Waals surface area (Å²) in [6, 6.07) is 8.77. The Morgan fingerprint density at radius 2 is 1.95 bits per heavy atom. The number of carbonyl (C=O) groups is 1. The molecule has 3 N–H and O–H groups in total. The van der Waals surface area contributed by atoms with Crippen molar-refractivity contribution < 1.29 is 4.79 Å². The van der Waals surface area contributed by atoms with Gasteiger partial charge < -0.3 is 11.1 Å². The molecule has 1 aliphatic rings. The van der Waals surface area contributed by atoms with E-state index in [0.29, 0.717) is 6.54 Å². The van der Waals surface area contributed by atoms with Gasteiger partial charge >= 0.3 is 0 Å². The van der Waals surface area contributed by atoms with Crippen molar-refractivity contribution in [3.8, 4) is 0 Å². The first-order valence-corrected chi connectivity index (χ1v) is 7.73. The van der Waals surface area contributed by atoms with Crippen LogP contribution in [-0.2, 0) is 17.6 Å². The van der Waals surface area contributed by atoms with Crippen LogP contribution < -0.4 is 11.1 Å². The van der Waals surface area contributed by atoms with Gasteiger partial charge in [0.1, 0.15) is 0 Å². The zero-order valence-electron chi connectivity index (χ0n) is 12.6. The Balaban J connectivity index is 2.03. The van der Waals surface area contributed by atoms with Crippen molar-refractivity contribution in [3.63, 3.8) is 0 Å². The van der Waals surface area contributed by atoms with Gasteiger partial charge in [0.2, 0.25) is 5.91 Å². The summed E-state index contributed by atoms with van der Waals surface area (Å²) in [5, 5.41) is 3.23. The number of nitrogens with two attached hydrogens (primary N) is 1. The molecule has 110 valence electrons. The van der Waals surface area contributed by atoms with Gasteiger partial charge in [-0.15, -0.1) is 0 Å². The van der Waals surface area contributed by atoms with Gasteiger partial charge in [-0.1, -0.05) is 38.1 Å². The molecule has 2 rings (SSSR count). The number of carbonyl (C=O) groups excluding carboxylic acids is 1. The number of hydrogen-bond acceptors (Lipinski definition) is 2. The zero-order valence-corrected chi connectivity index (χ0v) is 12.6. The molecule has 0 aromatic heterocycles. The number of benzene rings is 1. The van der Waals surface area contributed by atoms with E-state index in [2.05, 4.69) is 29.6 Å². The average molecular weight is 274 g/mol. The predicted molar refractivity (Wildman–Crippen MR) is 82.5 cm³/mol. The van der Waals surface area contributed by atoms with Gasteiger partial charge in [-0.05, 0) is 43.2 Å². The second-order valence-corrected chi connectivity index (χ2v) is 5.87. The molecule has 20 heavy (non-hydrogen) atoms. The highest BCUT2D eigenvalue weighted by atomic mass is 16.2. The Morgan fingerprint density at radius 3 is 2.55 bits per heavy atom. The van der Waals surface area contributed by atoms with Gasteiger partial charge in [0.05, 0.1) is 5.41 Å². The summed E-state index contributed by atoms with van der Waals surface area (Å²) in [5.74, 6) is 0.134. The molecule has 0 saturated heterocycles. The van der Waals surface area contributed by atoms with Gasteiger partial charge in [-0.25, -0.2) is 0 Å². The summed E-state index contributed by atoms with van der Waals surface area (Å²) in [6.07, 6.45) is 4.62. The number of nitrogens with one attached hydrogen (secondary N) is 1. The van der Waals surface area contributed by atoms with Crippen LogP contribution in [0.5, 0.6) is 0 Å². The average Bonchev–Trinajstić information content (AvgIpc) is 2.49. The smallest absolute Gasteiger partial charge is 0.227 e. The standard InChI is InChI=1S/C17H26N2O/c1-3-17(4-2,12-18)16(20)19-15-10-9-13-7-5-6-8-14(13)11-15/h5-8,15H,3-4,9-12,18H2,1-2H3,(H,19,20). The van der Waals surface area contributed by atoms with Crippen LogP contribution in [-0.4, -0.2) is 18.5 Å². The van der Waals surface area contributed by atoms with E-state index in [4.69, 9.17) is 5.73 Å². The highest BCUT2D eigenvalue weighted by molar-refractivity contribution is 5.83. The molecule has 0 saturated carbocycles. The van der Waals surface area contributed by atoms with E-state index in [-0.39, 0.29) is 11.9 Å². The van der Waals surface area contributed by atoms with E-state index in [0.717, 1.165) is 32.1 Å². The van der Waals surface area contributed by atoms with E-state index in [1.165, 1.54) is 11.1 Å². The fourth-order valence-electron chi connectivity index (χ4n) is 3.11. The van der Waals surface area contributed by atoms with Crippen molar-refractivity contribution in [2.45, 2.75) is 52.0 Å². The number of hydrogen-bond donors (Lipinski definition) is 2. The molecule has 1 unspecified atom stereocenters. The molecule has 0 radical (unpaired) electrons. The first kappa shape index (κ1) is 15.0. The summed E-state index contributed by atoms with van der Waals surface area (Å²) in [5.41, 5.74) is 8.25. The first-order valence-electron chi connectivity index (χ1n) is 7.73. The van der Waals surface area contributed by atoms with Crippen LogP contribution in [0.15, 0.2) is 24.3 Å². The maximum absolute atomic E-state index is 12.5. The molecule has 0 bridgehead atoms. The van der Waals surface area contributed by atoms with E-state index < -0.39 is 5.41 Å². The van der Waals surface area contributed by atoms with E-state index in [1.807, 2.05) is 13.8 Å². The summed E-state index contributed by atoms with van der Waals surface area (Å²) in [7, 11) is 0. The lowest BCUT2D eigenvalue weighted by atomic mass is 9.80. The Hall–Kier alpha value is -1.35. The molecular formula is C17H26N2O. The van der Waals surface area contributed by atoms with Gasteiger partial charge in [0.25, 0.3) is 0 Å². The second kappa shape index (κ2) is 6.40. The van der Waals surface area contributed by atoms with Gasteiger partial charge in [0, 0.05) is 12.6 Å². The van der Waals surface area contributed by atoms with Crippen LogP contribution in [0.3, 0.4) is 0 Å². The highest BCUT2D eigenvalue weighted by Crippen LogP contribution is 2.27. The van der Waals surface area contributed by atoms with Crippen LogP contribution in [0.1, 0.15) is 44.2 Å². The minimum atomic E-state index is -0.392. The Labute approximate surface area is 121 Å². The lowest BCUT2D eigenvalue weighted by molar-refractivity contribution is -0.131. The molecule has 1 aromatic rings. The molecule has 1 amide bonds. The van der Waals surface area contributed by atoms with Gasteiger partial charge in [-0.2, -0.15) is 0 Å². The molecule has 1 aromatic carbocycles. The first-order chi connectivity index (χ1) is 9.65. The molecule has 0 spiro atoms. The number of fused-ring (bicyclic) bond motifs is 1. The van der Waals surface area contributed by atoms with Crippen molar-refractivity contribution >= 4 is 5.91 Å². The van der Waals surface area contributed by atoms with E-state index >= 15 is 0 Å². The Bertz CT molecular complexity index is 458. The predicted octanol–water partition coefficient (Wildman–Crippen LogP) is 2.43. The van der Waals surface area contributed by atoms with Crippen molar-refractivity contribution in [1.82, 2.24) is 5.32 Å². The summed E-state index contributed by atoms with van der Waals surface area (Å²) in [6.45, 7) is 4.52. The Morgan fingerprint density at radius 1 is 1.30 bits per heavy atom. The maximum Gasteiger partial charge on any atom is 0.227 e. The highest BCUT2D eigenvalue weighted by Gasteiger charge is 2.34. The van der Waals surface area contributed by atoms with Crippen LogP contribution in [0.4, 0.5) is 0 Å². The van der Waals surface area contributed by atoms with Crippen LogP contribution in [0.25, 0.3) is 0 Å². The fraction of sp³-hybridized carbons (Fsp3) is 0.588. The quantitative estimate of drug-likeness (QED) is 0.866. The van der Waals surface area contributed by atoms with E-state index in [1.54, 1.807) is 0 Å². The SMILES string of the molecule is CCC(CC)(CN)C(=O)NC1CCc2ccccc2C1. The molecule has 0 heterocycles. The molecule has 1 aliphatic carbocycles. The van der Waals surface area contributed by atoms with Crippen LogP contribution in [0, 0.1) is 5.41 Å². The lowest BCUT2D eigenvalue weighted by Gasteiger charge is -2.33. The molecule has 0 fully saturated rings. The van der Waals surface area contributed by atoms with Crippen molar-refractivity contribution in [2.24, 2.45) is 11.1 Å². The fourth-order valence-corrected chi connectivity index (χ4v) is 3.11. The molecule has 1 atom stereocenters. The molecule has 0 aliphatic heterocycles. The number of rotatable bonds is 5. The lowest BCUT2D eigenvalue weighted by Crippen LogP contribution is -2.50. The summed E-state index contributed by atoms with van der Waals surface area (Å²) >= 11 is 0. The number of amides is 1. The monoisotopic (exact) mass is 274 g/mol. The van der Waals surface area contributed by atoms with Crippen molar-refractivity contribution in [1.29, 1.82) is 0 Å².